The van der Waals surface area contributed by atoms with Crippen LogP contribution in [0.4, 0.5) is 4.79 Å². The largest absolute Gasteiger partial charge is 0.338 e. The first-order valence-corrected chi connectivity index (χ1v) is 6.65. The second-order valence-corrected chi connectivity index (χ2v) is 5.61. The monoisotopic (exact) mass is 260 g/mol. The second-order valence-electron chi connectivity index (χ2n) is 4.95. The van der Waals surface area contributed by atoms with Gasteiger partial charge in [-0.1, -0.05) is 19.8 Å². The lowest BCUT2D eigenvalue weighted by atomic mass is 9.82. The fourth-order valence-electron chi connectivity index (χ4n) is 2.24. The van der Waals surface area contributed by atoms with Gasteiger partial charge in [0.1, 0.15) is 5.38 Å². The molecular formula is C12H21ClN2O2. The van der Waals surface area contributed by atoms with Gasteiger partial charge >= 0.3 is 6.03 Å². The second kappa shape index (κ2) is 6.84. The minimum atomic E-state index is -0.685. The first kappa shape index (κ1) is 14.3. The molecule has 4 nitrogen and oxygen atoms in total. The molecule has 3 unspecified atom stereocenters. The van der Waals surface area contributed by atoms with Crippen LogP contribution in [-0.2, 0) is 4.79 Å². The highest BCUT2D eigenvalue weighted by molar-refractivity contribution is 6.31. The molecule has 0 aromatic carbocycles. The molecule has 0 heterocycles. The zero-order valence-electron chi connectivity index (χ0n) is 10.5. The van der Waals surface area contributed by atoms with E-state index in [1.807, 2.05) is 0 Å². The van der Waals surface area contributed by atoms with Gasteiger partial charge in [0.25, 0.3) is 0 Å². The van der Waals surface area contributed by atoms with E-state index in [4.69, 9.17) is 11.6 Å². The van der Waals surface area contributed by atoms with E-state index in [9.17, 15) is 9.59 Å². The molecule has 17 heavy (non-hydrogen) atoms. The summed E-state index contributed by atoms with van der Waals surface area (Å²) in [6.07, 6.45) is 4.82. The first-order chi connectivity index (χ1) is 7.99. The number of hydrogen-bond acceptors (Lipinski definition) is 2. The minimum absolute atomic E-state index is 0.444. The first-order valence-electron chi connectivity index (χ1n) is 6.21. The number of hydrogen-bond donors (Lipinski definition) is 2. The molecule has 1 fully saturated rings. The Balaban J connectivity index is 2.21. The van der Waals surface area contributed by atoms with Gasteiger partial charge in [0.05, 0.1) is 0 Å². The number of amides is 3. The topological polar surface area (TPSA) is 58.2 Å². The van der Waals surface area contributed by atoms with Crippen LogP contribution in [0, 0.1) is 11.8 Å². The fraction of sp³-hybridized carbons (Fsp3) is 0.833. The van der Waals surface area contributed by atoms with Crippen LogP contribution in [0.1, 0.15) is 39.5 Å². The van der Waals surface area contributed by atoms with E-state index in [1.54, 1.807) is 0 Å². The zero-order valence-corrected chi connectivity index (χ0v) is 11.2. The van der Waals surface area contributed by atoms with E-state index < -0.39 is 17.3 Å². The molecule has 0 radical (unpaired) electrons. The Bertz CT molecular complexity index is 282. The molecule has 1 aliphatic carbocycles. The van der Waals surface area contributed by atoms with E-state index in [2.05, 4.69) is 17.6 Å². The lowest BCUT2D eigenvalue weighted by Gasteiger charge is -2.26. The number of halogens is 1. The van der Waals surface area contributed by atoms with Crippen LogP contribution in [0.15, 0.2) is 0 Å². The number of nitrogens with one attached hydrogen (secondary N) is 2. The molecule has 0 aromatic heterocycles. The molecule has 0 spiro atoms. The zero-order chi connectivity index (χ0) is 12.8. The summed E-state index contributed by atoms with van der Waals surface area (Å²) in [5.41, 5.74) is 0. The van der Waals surface area contributed by atoms with Crippen LogP contribution >= 0.6 is 11.6 Å². The molecule has 1 saturated carbocycles. The van der Waals surface area contributed by atoms with Crippen molar-refractivity contribution in [1.29, 1.82) is 0 Å². The molecule has 1 aliphatic rings. The average Bonchev–Trinajstić information content (AvgIpc) is 2.26. The van der Waals surface area contributed by atoms with Crippen molar-refractivity contribution in [3.63, 3.8) is 0 Å². The number of carbonyl (C=O) groups excluding carboxylic acids is 2. The highest BCUT2D eigenvalue weighted by atomic mass is 35.5. The van der Waals surface area contributed by atoms with Gasteiger partial charge in [-0.15, -0.1) is 11.6 Å². The van der Waals surface area contributed by atoms with Crippen molar-refractivity contribution in [2.45, 2.75) is 44.9 Å². The number of imide groups is 1. The van der Waals surface area contributed by atoms with E-state index >= 15 is 0 Å². The fourth-order valence-corrected chi connectivity index (χ4v) is 2.29. The normalized spacial score (nSPS) is 26.1. The lowest BCUT2D eigenvalue weighted by molar-refractivity contribution is -0.119. The molecule has 2 N–H and O–H groups in total. The summed E-state index contributed by atoms with van der Waals surface area (Å²) in [5, 5.41) is 4.25. The van der Waals surface area contributed by atoms with Crippen molar-refractivity contribution >= 4 is 23.5 Å². The van der Waals surface area contributed by atoms with Crippen molar-refractivity contribution in [2.24, 2.45) is 11.8 Å². The van der Waals surface area contributed by atoms with Crippen LogP contribution in [-0.4, -0.2) is 23.9 Å². The Morgan fingerprint density at radius 2 is 2.12 bits per heavy atom. The average molecular weight is 261 g/mol. The Kier molecular flexibility index (Phi) is 5.75. The van der Waals surface area contributed by atoms with E-state index in [0.717, 1.165) is 18.8 Å². The standard InChI is InChI=1S/C12H21ClN2O2/c1-8-4-3-5-10(6-8)7-14-12(17)15-11(16)9(2)13/h8-10H,3-7H2,1-2H3,(H2,14,15,16,17). The van der Waals surface area contributed by atoms with E-state index in [-0.39, 0.29) is 0 Å². The summed E-state index contributed by atoms with van der Waals surface area (Å²) in [7, 11) is 0. The molecule has 0 aliphatic heterocycles. The molecule has 3 atom stereocenters. The van der Waals surface area contributed by atoms with Gasteiger partial charge < -0.3 is 5.32 Å². The molecule has 98 valence electrons. The molecule has 0 saturated heterocycles. The number of urea groups is 1. The number of alkyl halides is 1. The highest BCUT2D eigenvalue weighted by Gasteiger charge is 2.20. The van der Waals surface area contributed by atoms with Gasteiger partial charge in [-0.25, -0.2) is 4.79 Å². The van der Waals surface area contributed by atoms with E-state index in [0.29, 0.717) is 12.5 Å². The van der Waals surface area contributed by atoms with Crippen molar-refractivity contribution in [2.75, 3.05) is 6.54 Å². The molecule has 5 heteroatoms. The Hall–Kier alpha value is -0.770. The summed E-state index contributed by atoms with van der Waals surface area (Å²) >= 11 is 5.55. The summed E-state index contributed by atoms with van der Waals surface area (Å²) in [6, 6.07) is -0.444. The number of rotatable bonds is 3. The third-order valence-corrected chi connectivity index (χ3v) is 3.39. The van der Waals surface area contributed by atoms with Crippen LogP contribution in [0.3, 0.4) is 0 Å². The van der Waals surface area contributed by atoms with Crippen LogP contribution in [0.2, 0.25) is 0 Å². The quantitative estimate of drug-likeness (QED) is 0.765. The Morgan fingerprint density at radius 3 is 2.71 bits per heavy atom. The highest BCUT2D eigenvalue weighted by Crippen LogP contribution is 2.27. The number of carbonyl (C=O) groups is 2. The summed E-state index contributed by atoms with van der Waals surface area (Å²) in [4.78, 5) is 22.5. The third-order valence-electron chi connectivity index (χ3n) is 3.19. The van der Waals surface area contributed by atoms with Gasteiger partial charge in [0.2, 0.25) is 5.91 Å². The van der Waals surface area contributed by atoms with Crippen molar-refractivity contribution in [3.8, 4) is 0 Å². The summed E-state index contributed by atoms with van der Waals surface area (Å²) in [5.74, 6) is 0.817. The Labute approximate surface area is 107 Å². The van der Waals surface area contributed by atoms with Gasteiger partial charge in [-0.3, -0.25) is 10.1 Å². The molecule has 0 aromatic rings. The van der Waals surface area contributed by atoms with E-state index in [1.165, 1.54) is 19.8 Å². The van der Waals surface area contributed by atoms with Crippen LogP contribution in [0.5, 0.6) is 0 Å². The van der Waals surface area contributed by atoms with Gasteiger partial charge in [-0.05, 0) is 31.6 Å². The van der Waals surface area contributed by atoms with Crippen molar-refractivity contribution < 1.29 is 9.59 Å². The van der Waals surface area contributed by atoms with Crippen LogP contribution in [0.25, 0.3) is 0 Å². The van der Waals surface area contributed by atoms with Crippen LogP contribution < -0.4 is 10.6 Å². The van der Waals surface area contributed by atoms with Crippen molar-refractivity contribution in [3.05, 3.63) is 0 Å². The maximum atomic E-state index is 11.4. The molecule has 3 amide bonds. The predicted molar refractivity (Wildman–Crippen MR) is 68.0 cm³/mol. The maximum Gasteiger partial charge on any atom is 0.321 e. The van der Waals surface area contributed by atoms with Gasteiger partial charge in [-0.2, -0.15) is 0 Å². The van der Waals surface area contributed by atoms with Gasteiger partial charge in [0.15, 0.2) is 0 Å². The molecule has 0 bridgehead atoms. The van der Waals surface area contributed by atoms with Gasteiger partial charge in [0, 0.05) is 6.54 Å². The summed E-state index contributed by atoms with van der Waals surface area (Å²) in [6.45, 7) is 4.41. The molecular weight excluding hydrogens is 240 g/mol. The summed E-state index contributed by atoms with van der Waals surface area (Å²) < 4.78 is 0. The Morgan fingerprint density at radius 1 is 1.41 bits per heavy atom. The molecule has 1 rings (SSSR count). The third kappa shape index (κ3) is 5.39. The lowest BCUT2D eigenvalue weighted by Crippen LogP contribution is -2.44. The maximum absolute atomic E-state index is 11.4. The predicted octanol–water partition coefficient (Wildman–Crippen LogP) is 2.27. The SMILES string of the molecule is CC1CCCC(CNC(=O)NC(=O)C(C)Cl)C1. The smallest absolute Gasteiger partial charge is 0.321 e. The van der Waals surface area contributed by atoms with Crippen molar-refractivity contribution in [1.82, 2.24) is 10.6 Å². The minimum Gasteiger partial charge on any atom is -0.338 e.